The predicted octanol–water partition coefficient (Wildman–Crippen LogP) is 27.6. The normalized spacial score (nSPS) is 14.3. The summed E-state index contributed by atoms with van der Waals surface area (Å²) in [6.45, 7) is 19.5. The third-order valence-corrected chi connectivity index (χ3v) is 26.5. The molecule has 90 heavy (non-hydrogen) atoms. The SMILES string of the molecule is CCCCCCCCCCCCc1cc(C)sc1-c1ccc(-c2ccc(-c3sc(-c4ccc(C5=C6C(=C(c7ccc(C)s7)C(=O)N6CC(CCCC)CCCCCC)N(CC(CCCC)CCCCCC)C5=O)s4)cc3CCCCCCCCCCCC)s2)s1. The first-order chi connectivity index (χ1) is 44.1. The summed E-state index contributed by atoms with van der Waals surface area (Å²) in [7, 11) is 0. The zero-order valence-electron chi connectivity index (χ0n) is 57.4. The van der Waals surface area contributed by atoms with Gasteiger partial charge in [0.2, 0.25) is 0 Å². The summed E-state index contributed by atoms with van der Waals surface area (Å²) in [5.41, 5.74) is 6.30. The van der Waals surface area contributed by atoms with Gasteiger partial charge in [0.25, 0.3) is 11.8 Å². The van der Waals surface area contributed by atoms with E-state index in [0.29, 0.717) is 24.9 Å². The molecule has 4 nitrogen and oxygen atoms in total. The number of fused-ring (bicyclic) bond motifs is 1. The molecule has 2 unspecified atom stereocenters. The van der Waals surface area contributed by atoms with Crippen LogP contribution in [0.1, 0.15) is 303 Å². The van der Waals surface area contributed by atoms with Crippen LogP contribution in [0.2, 0.25) is 0 Å². The Morgan fingerprint density at radius 3 is 1.08 bits per heavy atom. The summed E-state index contributed by atoms with van der Waals surface area (Å²) in [6.07, 6.45) is 48.1. The van der Waals surface area contributed by atoms with Gasteiger partial charge in [-0.05, 0) is 149 Å². The van der Waals surface area contributed by atoms with Crippen LogP contribution in [-0.4, -0.2) is 34.7 Å². The van der Waals surface area contributed by atoms with E-state index in [-0.39, 0.29) is 11.8 Å². The summed E-state index contributed by atoms with van der Waals surface area (Å²) >= 11 is 11.4. The van der Waals surface area contributed by atoms with Crippen molar-refractivity contribution in [3.63, 3.8) is 0 Å². The van der Waals surface area contributed by atoms with Gasteiger partial charge in [0, 0.05) is 71.6 Å². The average Bonchev–Trinajstić information content (AvgIpc) is 1.56. The van der Waals surface area contributed by atoms with Gasteiger partial charge in [-0.15, -0.1) is 68.0 Å². The van der Waals surface area contributed by atoms with Crippen molar-refractivity contribution in [1.82, 2.24) is 9.80 Å². The van der Waals surface area contributed by atoms with Gasteiger partial charge < -0.3 is 9.80 Å². The van der Waals surface area contributed by atoms with Crippen LogP contribution in [0, 0.1) is 25.7 Å². The number of amides is 2. The Morgan fingerprint density at radius 2 is 0.644 bits per heavy atom. The molecule has 494 valence electrons. The van der Waals surface area contributed by atoms with E-state index < -0.39 is 0 Å². The first-order valence-corrected chi connectivity index (χ1v) is 41.7. The van der Waals surface area contributed by atoms with Gasteiger partial charge in [0.05, 0.1) is 22.5 Å². The van der Waals surface area contributed by atoms with Crippen LogP contribution in [0.4, 0.5) is 0 Å². The highest BCUT2D eigenvalue weighted by molar-refractivity contribution is 7.30. The second-order valence-corrected chi connectivity index (χ2v) is 33.8. The molecule has 6 aromatic rings. The molecule has 0 radical (unpaired) electrons. The number of nitrogens with zero attached hydrogens (tertiary/aromatic N) is 2. The van der Waals surface area contributed by atoms with Crippen molar-refractivity contribution >= 4 is 91.0 Å². The van der Waals surface area contributed by atoms with Crippen LogP contribution >= 0.6 is 68.0 Å². The van der Waals surface area contributed by atoms with Gasteiger partial charge in [-0.3, -0.25) is 9.59 Å². The largest absolute Gasteiger partial charge is 0.305 e. The highest BCUT2D eigenvalue weighted by Gasteiger charge is 2.50. The maximum Gasteiger partial charge on any atom is 0.262 e. The van der Waals surface area contributed by atoms with Gasteiger partial charge >= 0.3 is 0 Å². The van der Waals surface area contributed by atoms with E-state index in [1.165, 1.54) is 241 Å². The molecule has 0 fully saturated rings. The van der Waals surface area contributed by atoms with Crippen LogP contribution in [-0.2, 0) is 22.4 Å². The van der Waals surface area contributed by atoms with E-state index in [4.69, 9.17) is 0 Å². The lowest BCUT2D eigenvalue weighted by atomic mass is 9.94. The van der Waals surface area contributed by atoms with Crippen LogP contribution < -0.4 is 0 Å². The predicted molar refractivity (Wildman–Crippen MR) is 403 cm³/mol. The Kier molecular flexibility index (Phi) is 31.8. The number of carbonyl (C=O) groups is 2. The quantitative estimate of drug-likeness (QED) is 0.0357. The lowest BCUT2D eigenvalue weighted by Crippen LogP contribution is -2.32. The number of aryl methyl sites for hydroxylation is 4. The minimum Gasteiger partial charge on any atom is -0.305 e. The number of rotatable bonds is 48. The Balaban J connectivity index is 1.11. The minimum absolute atomic E-state index is 0.0932. The van der Waals surface area contributed by atoms with E-state index in [2.05, 4.69) is 126 Å². The summed E-state index contributed by atoms with van der Waals surface area (Å²) in [5.74, 6) is 0.945. The molecule has 0 bridgehead atoms. The highest BCUT2D eigenvalue weighted by atomic mass is 32.1. The standard InChI is InChI=1S/C80H116N2O2S6/c1-9-15-21-25-27-29-31-33-35-39-45-63-55-60(8)86-77(63)70-53-50-65(88-70)66-51-54-71(89-66)78-64(46-40-36-34-32-30-28-26-22-16-10-2)56-72(90-78)67-49-52-69(87-67)74-76-75(81(80(74)84)57-61(41-19-13-5)43-37-23-17-11-3)73(68-48-47-59(7)85-68)79(83)82(76)58-62(42-20-14-6)44-38-24-18-12-4/h47-56,61-62H,9-46,57-58H2,1-8H3. The molecule has 0 N–H and O–H groups in total. The van der Waals surface area contributed by atoms with Gasteiger partial charge in [0.1, 0.15) is 0 Å². The molecule has 2 aliphatic heterocycles. The number of unbranched alkanes of at least 4 members (excludes halogenated alkanes) is 26. The van der Waals surface area contributed by atoms with Crippen LogP contribution in [0.3, 0.4) is 0 Å². The molecule has 0 aliphatic carbocycles. The van der Waals surface area contributed by atoms with E-state index in [1.807, 2.05) is 45.3 Å². The molecule has 2 atom stereocenters. The lowest BCUT2D eigenvalue weighted by molar-refractivity contribution is -0.123. The smallest absolute Gasteiger partial charge is 0.262 e. The zero-order chi connectivity index (χ0) is 63.5. The van der Waals surface area contributed by atoms with E-state index >= 15 is 9.59 Å². The molecular weight excluding hydrogens is 1210 g/mol. The maximum absolute atomic E-state index is 15.9. The summed E-state index contributed by atoms with van der Waals surface area (Å²) < 4.78 is 0. The van der Waals surface area contributed by atoms with Gasteiger partial charge in [-0.1, -0.05) is 234 Å². The van der Waals surface area contributed by atoms with Crippen molar-refractivity contribution in [2.24, 2.45) is 11.8 Å². The van der Waals surface area contributed by atoms with Crippen molar-refractivity contribution in [1.29, 1.82) is 0 Å². The molecule has 6 aromatic heterocycles. The molecule has 2 amide bonds. The van der Waals surface area contributed by atoms with E-state index in [0.717, 1.165) is 90.1 Å². The van der Waals surface area contributed by atoms with Crippen molar-refractivity contribution in [2.75, 3.05) is 13.1 Å². The van der Waals surface area contributed by atoms with Gasteiger partial charge in [-0.25, -0.2) is 0 Å². The molecule has 0 spiro atoms. The van der Waals surface area contributed by atoms with E-state index in [9.17, 15) is 0 Å². The molecule has 2 aliphatic rings. The topological polar surface area (TPSA) is 40.6 Å². The van der Waals surface area contributed by atoms with Crippen LogP contribution in [0.5, 0.6) is 0 Å². The molecule has 0 saturated carbocycles. The monoisotopic (exact) mass is 1330 g/mol. The molecular formula is C80H116N2O2S6. The fraction of sp³-hybridized carbons (Fsp3) is 0.625. The fourth-order valence-electron chi connectivity index (χ4n) is 14.0. The summed E-state index contributed by atoms with van der Waals surface area (Å²) in [4.78, 5) is 51.3. The maximum atomic E-state index is 15.9. The molecule has 8 heterocycles. The van der Waals surface area contributed by atoms with Gasteiger partial charge in [-0.2, -0.15) is 0 Å². The summed E-state index contributed by atoms with van der Waals surface area (Å²) in [5, 5.41) is 0. The first kappa shape index (κ1) is 72.4. The third kappa shape index (κ3) is 20.8. The molecule has 8 rings (SSSR count). The number of carbonyl (C=O) groups excluding carboxylic acids is 2. The number of hydrogen-bond acceptors (Lipinski definition) is 8. The van der Waals surface area contributed by atoms with Crippen LogP contribution in [0.25, 0.3) is 50.2 Å². The summed E-state index contributed by atoms with van der Waals surface area (Å²) in [6, 6.07) is 23.4. The number of thiophene rings is 6. The highest BCUT2D eigenvalue weighted by Crippen LogP contribution is 2.53. The number of hydrogen-bond donors (Lipinski definition) is 0. The van der Waals surface area contributed by atoms with Crippen molar-refractivity contribution in [2.45, 2.75) is 299 Å². The first-order valence-electron chi connectivity index (χ1n) is 36.8. The Morgan fingerprint density at radius 1 is 0.311 bits per heavy atom. The second-order valence-electron chi connectivity index (χ2n) is 26.9. The average molecular weight is 1330 g/mol. The Hall–Kier alpha value is -3.38. The van der Waals surface area contributed by atoms with Crippen molar-refractivity contribution < 1.29 is 9.59 Å². The Bertz CT molecular complexity index is 3130. The van der Waals surface area contributed by atoms with E-state index in [1.54, 1.807) is 28.2 Å². The molecule has 0 saturated heterocycles. The fourth-order valence-corrected chi connectivity index (χ4v) is 20.7. The molecule has 10 heteroatoms. The zero-order valence-corrected chi connectivity index (χ0v) is 62.3. The van der Waals surface area contributed by atoms with Crippen LogP contribution in [0.15, 0.2) is 72.1 Å². The lowest BCUT2D eigenvalue weighted by Gasteiger charge is -2.27. The van der Waals surface area contributed by atoms with Gasteiger partial charge in [0.15, 0.2) is 0 Å². The van der Waals surface area contributed by atoms with Crippen molar-refractivity contribution in [3.8, 4) is 39.0 Å². The second kappa shape index (κ2) is 39.5. The van der Waals surface area contributed by atoms with Crippen molar-refractivity contribution in [3.05, 3.63) is 103 Å². The Labute approximate surface area is 571 Å². The third-order valence-electron chi connectivity index (χ3n) is 19.2. The minimum atomic E-state index is 0.0932. The molecule has 0 aromatic carbocycles.